The highest BCUT2D eigenvalue weighted by Gasteiger charge is 2.05. The summed E-state index contributed by atoms with van der Waals surface area (Å²) in [6, 6.07) is 16.7. The summed E-state index contributed by atoms with van der Waals surface area (Å²) in [5.41, 5.74) is 2.13. The van der Waals surface area contributed by atoms with Crippen LogP contribution < -0.4 is 10.6 Å². The number of benzene rings is 2. The lowest BCUT2D eigenvalue weighted by Gasteiger charge is -2.12. The van der Waals surface area contributed by atoms with Crippen LogP contribution in [0.3, 0.4) is 0 Å². The number of hydrogen-bond donors (Lipinski definition) is 2. The van der Waals surface area contributed by atoms with Crippen molar-refractivity contribution in [2.75, 3.05) is 13.6 Å². The number of nitriles is 1. The van der Waals surface area contributed by atoms with Crippen molar-refractivity contribution < 1.29 is 4.39 Å². The second-order valence-electron chi connectivity index (χ2n) is 5.36. The van der Waals surface area contributed by atoms with Crippen LogP contribution in [0.25, 0.3) is 0 Å². The minimum atomic E-state index is -0.388. The first-order valence-electron chi connectivity index (χ1n) is 7.90. The Morgan fingerprint density at radius 1 is 1.17 bits per heavy atom. The van der Waals surface area contributed by atoms with E-state index in [9.17, 15) is 4.39 Å². The molecule has 4 nitrogen and oxygen atoms in total. The third kappa shape index (κ3) is 5.40. The normalized spacial score (nSPS) is 11.0. The molecule has 24 heavy (non-hydrogen) atoms. The van der Waals surface area contributed by atoms with Gasteiger partial charge in [0.05, 0.1) is 11.6 Å². The van der Waals surface area contributed by atoms with Crippen molar-refractivity contribution in [2.45, 2.75) is 19.4 Å². The summed E-state index contributed by atoms with van der Waals surface area (Å²) >= 11 is 0. The lowest BCUT2D eigenvalue weighted by Crippen LogP contribution is -2.37. The predicted octanol–water partition coefficient (Wildman–Crippen LogP) is 3.00. The molecule has 2 rings (SSSR count). The van der Waals surface area contributed by atoms with E-state index in [2.05, 4.69) is 27.8 Å². The highest BCUT2D eigenvalue weighted by Crippen LogP contribution is 2.09. The number of rotatable bonds is 6. The van der Waals surface area contributed by atoms with Gasteiger partial charge in [0.25, 0.3) is 0 Å². The van der Waals surface area contributed by atoms with Gasteiger partial charge < -0.3 is 10.6 Å². The highest BCUT2D eigenvalue weighted by atomic mass is 19.1. The van der Waals surface area contributed by atoms with Crippen LogP contribution in [0.5, 0.6) is 0 Å². The zero-order chi connectivity index (χ0) is 17.2. The van der Waals surface area contributed by atoms with Crippen LogP contribution in [0.1, 0.15) is 23.1 Å². The average molecular weight is 324 g/mol. The second-order valence-corrected chi connectivity index (χ2v) is 5.36. The van der Waals surface area contributed by atoms with Gasteiger partial charge in [0, 0.05) is 25.7 Å². The molecule has 0 unspecified atom stereocenters. The van der Waals surface area contributed by atoms with E-state index in [1.54, 1.807) is 19.2 Å². The van der Waals surface area contributed by atoms with Crippen LogP contribution >= 0.6 is 0 Å². The van der Waals surface area contributed by atoms with Crippen molar-refractivity contribution >= 4 is 5.96 Å². The van der Waals surface area contributed by atoms with Crippen LogP contribution in [0.4, 0.5) is 4.39 Å². The Bertz CT molecular complexity index is 720. The van der Waals surface area contributed by atoms with Crippen LogP contribution in [0, 0.1) is 17.1 Å². The Morgan fingerprint density at radius 3 is 2.62 bits per heavy atom. The molecule has 0 saturated carbocycles. The fourth-order valence-corrected chi connectivity index (χ4v) is 2.30. The minimum Gasteiger partial charge on any atom is -0.356 e. The fraction of sp³-hybridized carbons (Fsp3) is 0.263. The summed E-state index contributed by atoms with van der Waals surface area (Å²) in [6.45, 7) is 1.10. The zero-order valence-corrected chi connectivity index (χ0v) is 13.7. The first-order chi connectivity index (χ1) is 11.7. The molecule has 2 N–H and O–H groups in total. The first kappa shape index (κ1) is 17.5. The highest BCUT2D eigenvalue weighted by molar-refractivity contribution is 5.79. The first-order valence-corrected chi connectivity index (χ1v) is 7.90. The number of hydrogen-bond acceptors (Lipinski definition) is 2. The van der Waals surface area contributed by atoms with Crippen LogP contribution in [0.2, 0.25) is 0 Å². The maximum Gasteiger partial charge on any atom is 0.191 e. The molecule has 0 atom stereocenters. The number of halogens is 1. The number of guanidine groups is 1. The zero-order valence-electron chi connectivity index (χ0n) is 13.7. The molecular weight excluding hydrogens is 303 g/mol. The summed E-state index contributed by atoms with van der Waals surface area (Å²) < 4.78 is 13.8. The third-order valence-corrected chi connectivity index (χ3v) is 3.63. The van der Waals surface area contributed by atoms with Crippen molar-refractivity contribution in [3.05, 3.63) is 71.0 Å². The molecule has 0 bridgehead atoms. The Kier molecular flexibility index (Phi) is 6.78. The average Bonchev–Trinajstić information content (AvgIpc) is 2.62. The Hall–Kier alpha value is -2.87. The molecule has 0 fully saturated rings. The van der Waals surface area contributed by atoms with Crippen LogP contribution in [-0.2, 0) is 13.0 Å². The van der Waals surface area contributed by atoms with Crippen LogP contribution in [-0.4, -0.2) is 19.6 Å². The van der Waals surface area contributed by atoms with Gasteiger partial charge in [-0.3, -0.25) is 4.99 Å². The second kappa shape index (κ2) is 9.31. The van der Waals surface area contributed by atoms with E-state index >= 15 is 0 Å². The van der Waals surface area contributed by atoms with Crippen molar-refractivity contribution in [2.24, 2.45) is 4.99 Å². The molecule has 0 spiro atoms. The van der Waals surface area contributed by atoms with Crippen molar-refractivity contribution in [3.63, 3.8) is 0 Å². The van der Waals surface area contributed by atoms with E-state index < -0.39 is 0 Å². The standard InChI is InChI=1S/C19H21FN4/c1-22-19(23-11-5-8-15-6-3-2-4-7-15)24-14-17-10-9-16(13-21)12-18(17)20/h2-4,6-7,9-10,12H,5,8,11,14H2,1H3,(H2,22,23,24). The van der Waals surface area contributed by atoms with Gasteiger partial charge in [-0.2, -0.15) is 5.26 Å². The monoisotopic (exact) mass is 324 g/mol. The predicted molar refractivity (Wildman–Crippen MR) is 94.1 cm³/mol. The fourth-order valence-electron chi connectivity index (χ4n) is 2.30. The van der Waals surface area contributed by atoms with Gasteiger partial charge in [0.15, 0.2) is 5.96 Å². The third-order valence-electron chi connectivity index (χ3n) is 3.63. The van der Waals surface area contributed by atoms with Gasteiger partial charge in [0.1, 0.15) is 5.82 Å². The molecule has 0 aliphatic carbocycles. The maximum atomic E-state index is 13.8. The van der Waals surface area contributed by atoms with Crippen molar-refractivity contribution in [3.8, 4) is 6.07 Å². The number of nitrogens with one attached hydrogen (secondary N) is 2. The van der Waals surface area contributed by atoms with Gasteiger partial charge in [-0.1, -0.05) is 36.4 Å². The molecule has 0 aliphatic rings. The van der Waals surface area contributed by atoms with Gasteiger partial charge in [-0.15, -0.1) is 0 Å². The summed E-state index contributed by atoms with van der Waals surface area (Å²) in [4.78, 5) is 4.13. The molecule has 0 aromatic heterocycles. The molecule has 0 saturated heterocycles. The van der Waals surface area contributed by atoms with E-state index in [1.165, 1.54) is 11.6 Å². The number of aryl methyl sites for hydroxylation is 1. The topological polar surface area (TPSA) is 60.2 Å². The molecule has 2 aromatic carbocycles. The summed E-state index contributed by atoms with van der Waals surface area (Å²) in [5, 5.41) is 15.0. The number of nitrogens with zero attached hydrogens (tertiary/aromatic N) is 2. The molecule has 124 valence electrons. The summed E-state index contributed by atoms with van der Waals surface area (Å²) in [7, 11) is 1.68. The maximum absolute atomic E-state index is 13.8. The van der Waals surface area contributed by atoms with Crippen molar-refractivity contribution in [1.29, 1.82) is 5.26 Å². The molecule has 0 radical (unpaired) electrons. The Morgan fingerprint density at radius 2 is 1.96 bits per heavy atom. The van der Waals surface area contributed by atoms with E-state index in [0.29, 0.717) is 23.6 Å². The van der Waals surface area contributed by atoms with Crippen molar-refractivity contribution in [1.82, 2.24) is 10.6 Å². The molecule has 5 heteroatoms. The Balaban J connectivity index is 1.75. The number of aliphatic imine (C=N–C) groups is 1. The Labute approximate surface area is 142 Å². The van der Waals surface area contributed by atoms with Gasteiger partial charge >= 0.3 is 0 Å². The lowest BCUT2D eigenvalue weighted by atomic mass is 10.1. The van der Waals surface area contributed by atoms with Gasteiger partial charge in [0.2, 0.25) is 0 Å². The molecule has 0 heterocycles. The molecule has 0 amide bonds. The van der Waals surface area contributed by atoms with E-state index in [1.807, 2.05) is 24.3 Å². The van der Waals surface area contributed by atoms with Gasteiger partial charge in [-0.25, -0.2) is 4.39 Å². The van der Waals surface area contributed by atoms with E-state index in [0.717, 1.165) is 19.4 Å². The van der Waals surface area contributed by atoms with Gasteiger partial charge in [-0.05, 0) is 30.5 Å². The quantitative estimate of drug-likeness (QED) is 0.488. The molecule has 0 aliphatic heterocycles. The molecular formula is C19H21FN4. The SMILES string of the molecule is CN=C(NCCCc1ccccc1)NCc1ccc(C#N)cc1F. The van der Waals surface area contributed by atoms with E-state index in [-0.39, 0.29) is 5.82 Å². The smallest absolute Gasteiger partial charge is 0.191 e. The summed E-state index contributed by atoms with van der Waals surface area (Å²) in [6.07, 6.45) is 1.98. The van der Waals surface area contributed by atoms with Crippen LogP contribution in [0.15, 0.2) is 53.5 Å². The molecule has 2 aromatic rings. The lowest BCUT2D eigenvalue weighted by molar-refractivity contribution is 0.604. The minimum absolute atomic E-state index is 0.315. The van der Waals surface area contributed by atoms with E-state index in [4.69, 9.17) is 5.26 Å². The largest absolute Gasteiger partial charge is 0.356 e. The summed E-state index contributed by atoms with van der Waals surface area (Å²) in [5.74, 6) is 0.243.